The first kappa shape index (κ1) is 19.9. The Balaban J connectivity index is 4.11. The van der Waals surface area contributed by atoms with Crippen LogP contribution in [0.5, 0.6) is 0 Å². The van der Waals surface area contributed by atoms with Gasteiger partial charge in [-0.25, -0.2) is 0 Å². The second-order valence-electron chi connectivity index (χ2n) is 6.53. The maximum absolute atomic E-state index is 11.9. The van der Waals surface area contributed by atoms with Crippen molar-refractivity contribution in [2.45, 2.75) is 73.4 Å². The smallest absolute Gasteiger partial charge is 0.243 e. The van der Waals surface area contributed by atoms with Crippen LogP contribution in [0.3, 0.4) is 0 Å². The van der Waals surface area contributed by atoms with Gasteiger partial charge in [0.1, 0.15) is 0 Å². The Hall–Kier alpha value is -1.09. The van der Waals surface area contributed by atoms with Crippen LogP contribution < -0.4 is 5.32 Å². The van der Waals surface area contributed by atoms with E-state index in [9.17, 15) is 4.79 Å². The minimum atomic E-state index is 0.0252. The first-order chi connectivity index (χ1) is 9.73. The van der Waals surface area contributed by atoms with Gasteiger partial charge in [-0.15, -0.1) is 0 Å². The number of amides is 1. The zero-order valence-electron chi connectivity index (χ0n) is 15.0. The van der Waals surface area contributed by atoms with E-state index < -0.39 is 0 Å². The normalized spacial score (nSPS) is 12.2. The SMILES string of the molecule is CC(C)=CCC/C(C)=C/C(=O)NCCN(C(C)C)C(C)C. The second-order valence-corrected chi connectivity index (χ2v) is 6.53. The molecule has 3 heteroatoms. The van der Waals surface area contributed by atoms with Gasteiger partial charge < -0.3 is 5.32 Å². The van der Waals surface area contributed by atoms with Gasteiger partial charge in [-0.2, -0.15) is 0 Å². The van der Waals surface area contributed by atoms with Crippen molar-refractivity contribution in [3.63, 3.8) is 0 Å². The summed E-state index contributed by atoms with van der Waals surface area (Å²) >= 11 is 0. The van der Waals surface area contributed by atoms with E-state index >= 15 is 0 Å². The van der Waals surface area contributed by atoms with Crippen LogP contribution in [0, 0.1) is 0 Å². The van der Waals surface area contributed by atoms with E-state index in [4.69, 9.17) is 0 Å². The highest BCUT2D eigenvalue weighted by Crippen LogP contribution is 2.06. The summed E-state index contributed by atoms with van der Waals surface area (Å²) < 4.78 is 0. The lowest BCUT2D eigenvalue weighted by Gasteiger charge is -2.30. The van der Waals surface area contributed by atoms with Crippen LogP contribution >= 0.6 is 0 Å². The molecule has 1 N–H and O–H groups in total. The van der Waals surface area contributed by atoms with Crippen molar-refractivity contribution in [3.8, 4) is 0 Å². The Morgan fingerprint density at radius 2 is 1.67 bits per heavy atom. The summed E-state index contributed by atoms with van der Waals surface area (Å²) in [6.45, 7) is 16.6. The van der Waals surface area contributed by atoms with E-state index in [1.54, 1.807) is 6.08 Å². The van der Waals surface area contributed by atoms with Crippen LogP contribution in [0.4, 0.5) is 0 Å². The maximum Gasteiger partial charge on any atom is 0.243 e. The molecule has 0 aliphatic carbocycles. The Morgan fingerprint density at radius 3 is 2.14 bits per heavy atom. The lowest BCUT2D eigenvalue weighted by atomic mass is 10.1. The molecule has 0 unspecified atom stereocenters. The fourth-order valence-corrected chi connectivity index (χ4v) is 2.36. The molecule has 0 saturated carbocycles. The monoisotopic (exact) mass is 294 g/mol. The Labute approximate surface area is 131 Å². The molecular formula is C18H34N2O. The van der Waals surface area contributed by atoms with Crippen molar-refractivity contribution in [2.24, 2.45) is 0 Å². The topological polar surface area (TPSA) is 32.3 Å². The molecule has 21 heavy (non-hydrogen) atoms. The molecule has 3 nitrogen and oxygen atoms in total. The number of nitrogens with zero attached hydrogens (tertiary/aromatic N) is 1. The Kier molecular flexibility index (Phi) is 10.1. The molecule has 0 rings (SSSR count). The predicted octanol–water partition coefficient (Wildman–Crippen LogP) is 3.91. The molecule has 0 heterocycles. The van der Waals surface area contributed by atoms with Crippen molar-refractivity contribution in [2.75, 3.05) is 13.1 Å². The molecule has 0 aliphatic heterocycles. The Bertz CT molecular complexity index is 355. The minimum absolute atomic E-state index is 0.0252. The number of allylic oxidation sites excluding steroid dienone is 3. The van der Waals surface area contributed by atoms with Gasteiger partial charge in [-0.3, -0.25) is 9.69 Å². The lowest BCUT2D eigenvalue weighted by Crippen LogP contribution is -2.42. The standard InChI is InChI=1S/C18H34N2O/c1-14(2)9-8-10-17(7)13-18(21)19-11-12-20(15(3)4)16(5)6/h9,13,15-16H,8,10-12H2,1-7H3,(H,19,21)/b17-13+. The fraction of sp³-hybridized carbons (Fsp3) is 0.722. The molecule has 0 aromatic heterocycles. The van der Waals surface area contributed by atoms with Gasteiger partial charge in [-0.1, -0.05) is 17.2 Å². The number of carbonyl (C=O) groups excluding carboxylic acids is 1. The summed E-state index contributed by atoms with van der Waals surface area (Å²) in [5, 5.41) is 2.98. The van der Waals surface area contributed by atoms with Crippen LogP contribution in [-0.4, -0.2) is 36.0 Å². The average molecular weight is 294 g/mol. The first-order valence-corrected chi connectivity index (χ1v) is 8.08. The van der Waals surface area contributed by atoms with Crippen LogP contribution in [0.1, 0.15) is 61.3 Å². The largest absolute Gasteiger partial charge is 0.351 e. The summed E-state index contributed by atoms with van der Waals surface area (Å²) in [4.78, 5) is 14.2. The molecule has 122 valence electrons. The zero-order chi connectivity index (χ0) is 16.4. The highest BCUT2D eigenvalue weighted by Gasteiger charge is 2.12. The van der Waals surface area contributed by atoms with Crippen molar-refractivity contribution in [1.82, 2.24) is 10.2 Å². The highest BCUT2D eigenvalue weighted by molar-refractivity contribution is 5.88. The number of nitrogens with one attached hydrogen (secondary N) is 1. The number of carbonyl (C=O) groups is 1. The summed E-state index contributed by atoms with van der Waals surface area (Å²) in [7, 11) is 0. The van der Waals surface area contributed by atoms with E-state index in [0.717, 1.165) is 25.0 Å². The van der Waals surface area contributed by atoms with Gasteiger partial charge in [0, 0.05) is 31.2 Å². The molecule has 0 aromatic rings. The van der Waals surface area contributed by atoms with Gasteiger partial charge in [0.15, 0.2) is 0 Å². The van der Waals surface area contributed by atoms with Gasteiger partial charge in [0.25, 0.3) is 0 Å². The van der Waals surface area contributed by atoms with Crippen molar-refractivity contribution in [1.29, 1.82) is 0 Å². The van der Waals surface area contributed by atoms with Crippen molar-refractivity contribution < 1.29 is 4.79 Å². The van der Waals surface area contributed by atoms with E-state index in [1.807, 2.05) is 6.92 Å². The molecule has 1 amide bonds. The molecule has 0 atom stereocenters. The van der Waals surface area contributed by atoms with E-state index in [1.165, 1.54) is 5.57 Å². The Morgan fingerprint density at radius 1 is 1.10 bits per heavy atom. The molecule has 0 spiro atoms. The van der Waals surface area contributed by atoms with Crippen molar-refractivity contribution in [3.05, 3.63) is 23.3 Å². The maximum atomic E-state index is 11.9. The number of hydrogen-bond donors (Lipinski definition) is 1. The highest BCUT2D eigenvalue weighted by atomic mass is 16.1. The van der Waals surface area contributed by atoms with Crippen LogP contribution in [0.25, 0.3) is 0 Å². The molecule has 0 aliphatic rings. The van der Waals surface area contributed by atoms with Crippen LogP contribution in [-0.2, 0) is 4.79 Å². The zero-order valence-corrected chi connectivity index (χ0v) is 15.0. The fourth-order valence-electron chi connectivity index (χ4n) is 2.36. The number of rotatable bonds is 9. The predicted molar refractivity (Wildman–Crippen MR) is 92.4 cm³/mol. The van der Waals surface area contributed by atoms with E-state index in [-0.39, 0.29) is 5.91 Å². The summed E-state index contributed by atoms with van der Waals surface area (Å²) in [5.74, 6) is 0.0252. The average Bonchev–Trinajstić information content (AvgIpc) is 2.32. The second kappa shape index (κ2) is 10.6. The lowest BCUT2D eigenvalue weighted by molar-refractivity contribution is -0.116. The van der Waals surface area contributed by atoms with Crippen LogP contribution in [0.2, 0.25) is 0 Å². The van der Waals surface area contributed by atoms with Gasteiger partial charge in [0.2, 0.25) is 5.91 Å². The summed E-state index contributed by atoms with van der Waals surface area (Å²) in [5.41, 5.74) is 2.46. The quantitative estimate of drug-likeness (QED) is 0.516. The third-order valence-corrected chi connectivity index (χ3v) is 3.46. The summed E-state index contributed by atoms with van der Waals surface area (Å²) in [6.07, 6.45) is 5.89. The third-order valence-electron chi connectivity index (χ3n) is 3.46. The van der Waals surface area contributed by atoms with E-state index in [2.05, 4.69) is 57.8 Å². The third kappa shape index (κ3) is 10.3. The van der Waals surface area contributed by atoms with Crippen LogP contribution in [0.15, 0.2) is 23.3 Å². The molecule has 0 saturated heterocycles. The van der Waals surface area contributed by atoms with Crippen molar-refractivity contribution >= 4 is 5.91 Å². The minimum Gasteiger partial charge on any atom is -0.351 e. The molecule has 0 bridgehead atoms. The molecular weight excluding hydrogens is 260 g/mol. The molecule has 0 radical (unpaired) electrons. The van der Waals surface area contributed by atoms with E-state index in [0.29, 0.717) is 18.6 Å². The molecule has 0 fully saturated rings. The van der Waals surface area contributed by atoms with Gasteiger partial charge in [-0.05, 0) is 61.3 Å². The van der Waals surface area contributed by atoms with Gasteiger partial charge in [0.05, 0.1) is 0 Å². The first-order valence-electron chi connectivity index (χ1n) is 8.08. The summed E-state index contributed by atoms with van der Waals surface area (Å²) in [6, 6.07) is 1.01. The number of hydrogen-bond acceptors (Lipinski definition) is 2. The van der Waals surface area contributed by atoms with Gasteiger partial charge >= 0.3 is 0 Å². The molecule has 0 aromatic carbocycles.